The van der Waals surface area contributed by atoms with E-state index in [2.05, 4.69) is 10.3 Å². The Kier molecular flexibility index (Phi) is 8.20. The lowest BCUT2D eigenvalue weighted by Crippen LogP contribution is -2.37. The van der Waals surface area contributed by atoms with Crippen molar-refractivity contribution in [3.8, 4) is 11.6 Å². The number of hydrogen-bond acceptors (Lipinski definition) is 6. The van der Waals surface area contributed by atoms with E-state index >= 15 is 0 Å². The molecule has 1 unspecified atom stereocenters. The van der Waals surface area contributed by atoms with Gasteiger partial charge in [-0.3, -0.25) is 4.79 Å². The minimum absolute atomic E-state index is 0. The highest BCUT2D eigenvalue weighted by Crippen LogP contribution is 2.26. The van der Waals surface area contributed by atoms with Gasteiger partial charge in [0.05, 0.1) is 23.7 Å². The van der Waals surface area contributed by atoms with E-state index in [-0.39, 0.29) is 24.6 Å². The molecule has 0 aliphatic heterocycles. The van der Waals surface area contributed by atoms with E-state index in [4.69, 9.17) is 10.5 Å². The van der Waals surface area contributed by atoms with Crippen LogP contribution in [0.2, 0.25) is 0 Å². The van der Waals surface area contributed by atoms with Crippen LogP contribution < -0.4 is 15.8 Å². The van der Waals surface area contributed by atoms with Crippen LogP contribution in [0.25, 0.3) is 0 Å². The first kappa shape index (κ1) is 22.9. The molecule has 2 aromatic rings. The SMILES string of the molecule is Cc1cccc(Oc2ccc(NC(=O)C(N)CCS(C)(=O)=O)cn2)c1C.Cl. The van der Waals surface area contributed by atoms with E-state index in [9.17, 15) is 13.2 Å². The summed E-state index contributed by atoms with van der Waals surface area (Å²) in [6, 6.07) is 8.15. The summed E-state index contributed by atoms with van der Waals surface area (Å²) in [5.74, 6) is 0.524. The van der Waals surface area contributed by atoms with Crippen LogP contribution in [-0.4, -0.2) is 37.4 Å². The molecule has 0 aliphatic rings. The normalized spacial score (nSPS) is 12.0. The van der Waals surface area contributed by atoms with Gasteiger partial charge in [-0.1, -0.05) is 12.1 Å². The van der Waals surface area contributed by atoms with Crippen LogP contribution in [0, 0.1) is 13.8 Å². The third-order valence-corrected chi connectivity index (χ3v) is 4.89. The number of nitrogens with one attached hydrogen (secondary N) is 1. The van der Waals surface area contributed by atoms with Gasteiger partial charge in [0, 0.05) is 12.3 Å². The second-order valence-electron chi connectivity index (χ2n) is 6.20. The Morgan fingerprint density at radius 2 is 1.96 bits per heavy atom. The largest absolute Gasteiger partial charge is 0.439 e. The molecule has 0 radical (unpaired) electrons. The van der Waals surface area contributed by atoms with Crippen LogP contribution in [0.5, 0.6) is 11.6 Å². The lowest BCUT2D eigenvalue weighted by Gasteiger charge is -2.12. The number of aryl methyl sites for hydroxylation is 1. The van der Waals surface area contributed by atoms with Crippen molar-refractivity contribution in [3.63, 3.8) is 0 Å². The maximum atomic E-state index is 12.0. The van der Waals surface area contributed by atoms with Crippen molar-refractivity contribution in [2.75, 3.05) is 17.3 Å². The Balaban J connectivity index is 0.00000364. The molecule has 0 fully saturated rings. The Hall–Kier alpha value is -2.16. The molecule has 2 rings (SSSR count). The van der Waals surface area contributed by atoms with Crippen LogP contribution in [0.4, 0.5) is 5.69 Å². The predicted molar refractivity (Wildman–Crippen MR) is 108 cm³/mol. The average molecular weight is 414 g/mol. The molecule has 1 amide bonds. The fraction of sp³-hybridized carbons (Fsp3) is 0.333. The summed E-state index contributed by atoms with van der Waals surface area (Å²) in [6.07, 6.45) is 2.63. The number of carbonyl (C=O) groups is 1. The molecule has 0 aliphatic carbocycles. The summed E-state index contributed by atoms with van der Waals surface area (Å²) >= 11 is 0. The van der Waals surface area contributed by atoms with Crippen molar-refractivity contribution in [1.29, 1.82) is 0 Å². The highest BCUT2D eigenvalue weighted by Gasteiger charge is 2.16. The quantitative estimate of drug-likeness (QED) is 0.721. The number of carbonyl (C=O) groups excluding carboxylic acids is 1. The van der Waals surface area contributed by atoms with Crippen molar-refractivity contribution in [2.45, 2.75) is 26.3 Å². The number of rotatable bonds is 7. The topological polar surface area (TPSA) is 111 Å². The fourth-order valence-corrected chi connectivity index (χ4v) is 2.85. The molecule has 1 aromatic carbocycles. The first-order chi connectivity index (χ1) is 12.2. The Labute approximate surface area is 165 Å². The maximum Gasteiger partial charge on any atom is 0.241 e. The highest BCUT2D eigenvalue weighted by atomic mass is 35.5. The number of pyridine rings is 1. The van der Waals surface area contributed by atoms with Gasteiger partial charge in [-0.25, -0.2) is 13.4 Å². The van der Waals surface area contributed by atoms with Crippen LogP contribution >= 0.6 is 12.4 Å². The molecule has 1 aromatic heterocycles. The highest BCUT2D eigenvalue weighted by molar-refractivity contribution is 7.90. The number of anilines is 1. The monoisotopic (exact) mass is 413 g/mol. The van der Waals surface area contributed by atoms with Crippen LogP contribution in [0.1, 0.15) is 17.5 Å². The standard InChI is InChI=1S/C18H23N3O4S.ClH/c1-12-5-4-6-16(13(12)2)25-17-8-7-14(11-20-17)21-18(22)15(19)9-10-26(3,23)24;/h4-8,11,15H,9-10,19H2,1-3H3,(H,21,22);1H. The fourth-order valence-electron chi connectivity index (χ4n) is 2.17. The summed E-state index contributed by atoms with van der Waals surface area (Å²) in [5, 5.41) is 2.61. The summed E-state index contributed by atoms with van der Waals surface area (Å²) in [5.41, 5.74) is 8.32. The molecule has 0 saturated carbocycles. The zero-order valence-corrected chi connectivity index (χ0v) is 17.1. The molecule has 0 spiro atoms. The van der Waals surface area contributed by atoms with Gasteiger partial charge in [0.15, 0.2) is 0 Å². The summed E-state index contributed by atoms with van der Waals surface area (Å²) in [7, 11) is -3.16. The summed E-state index contributed by atoms with van der Waals surface area (Å²) in [4.78, 5) is 16.2. The van der Waals surface area contributed by atoms with E-state index < -0.39 is 21.8 Å². The molecule has 0 saturated heterocycles. The van der Waals surface area contributed by atoms with Crippen molar-refractivity contribution < 1.29 is 17.9 Å². The van der Waals surface area contributed by atoms with Crippen molar-refractivity contribution in [3.05, 3.63) is 47.7 Å². The van der Waals surface area contributed by atoms with Gasteiger partial charge in [-0.15, -0.1) is 12.4 Å². The number of hydrogen-bond donors (Lipinski definition) is 2. The van der Waals surface area contributed by atoms with E-state index in [0.717, 1.165) is 23.1 Å². The number of aromatic nitrogens is 1. The number of ether oxygens (including phenoxy) is 1. The van der Waals surface area contributed by atoms with E-state index in [1.54, 1.807) is 12.1 Å². The smallest absolute Gasteiger partial charge is 0.241 e. The second-order valence-corrected chi connectivity index (χ2v) is 8.46. The third kappa shape index (κ3) is 7.16. The molecule has 3 N–H and O–H groups in total. The van der Waals surface area contributed by atoms with Gasteiger partial charge in [-0.2, -0.15) is 0 Å². The molecule has 1 atom stereocenters. The molecule has 7 nitrogen and oxygen atoms in total. The second kappa shape index (κ2) is 9.68. The van der Waals surface area contributed by atoms with Crippen LogP contribution in [0.15, 0.2) is 36.5 Å². The van der Waals surface area contributed by atoms with Crippen LogP contribution in [-0.2, 0) is 14.6 Å². The van der Waals surface area contributed by atoms with E-state index in [1.807, 2.05) is 32.0 Å². The number of halogens is 1. The molecule has 1 heterocycles. The molecular weight excluding hydrogens is 390 g/mol. The Morgan fingerprint density at radius 1 is 1.26 bits per heavy atom. The van der Waals surface area contributed by atoms with E-state index in [0.29, 0.717) is 11.6 Å². The summed E-state index contributed by atoms with van der Waals surface area (Å²) in [6.45, 7) is 3.97. The number of benzene rings is 1. The van der Waals surface area contributed by atoms with Crippen LogP contribution in [0.3, 0.4) is 0 Å². The lowest BCUT2D eigenvalue weighted by molar-refractivity contribution is -0.117. The average Bonchev–Trinajstić information content (AvgIpc) is 2.57. The molecule has 148 valence electrons. The van der Waals surface area contributed by atoms with Gasteiger partial charge in [0.1, 0.15) is 15.6 Å². The van der Waals surface area contributed by atoms with Gasteiger partial charge < -0.3 is 15.8 Å². The molecule has 27 heavy (non-hydrogen) atoms. The Bertz CT molecular complexity index is 886. The van der Waals surface area contributed by atoms with Gasteiger partial charge in [0.2, 0.25) is 11.8 Å². The summed E-state index contributed by atoms with van der Waals surface area (Å²) < 4.78 is 28.0. The minimum Gasteiger partial charge on any atom is -0.439 e. The van der Waals surface area contributed by atoms with Gasteiger partial charge in [-0.05, 0) is 43.5 Å². The Morgan fingerprint density at radius 3 is 2.56 bits per heavy atom. The minimum atomic E-state index is -3.16. The number of amides is 1. The van der Waals surface area contributed by atoms with Crippen molar-refractivity contribution >= 4 is 33.8 Å². The zero-order chi connectivity index (χ0) is 19.3. The van der Waals surface area contributed by atoms with Crippen molar-refractivity contribution in [1.82, 2.24) is 4.98 Å². The first-order valence-corrected chi connectivity index (χ1v) is 10.2. The zero-order valence-electron chi connectivity index (χ0n) is 15.4. The molecule has 0 bridgehead atoms. The number of nitrogens with two attached hydrogens (primary N) is 1. The van der Waals surface area contributed by atoms with Gasteiger partial charge in [0.25, 0.3) is 0 Å². The predicted octanol–water partition coefficient (Wildman–Crippen LogP) is 2.61. The third-order valence-electron chi connectivity index (χ3n) is 3.91. The number of sulfone groups is 1. The number of nitrogens with zero attached hydrogens (tertiary/aromatic N) is 1. The molecular formula is C18H24ClN3O4S. The van der Waals surface area contributed by atoms with E-state index in [1.165, 1.54) is 6.20 Å². The molecule has 9 heteroatoms. The van der Waals surface area contributed by atoms with Gasteiger partial charge >= 0.3 is 0 Å². The first-order valence-electron chi connectivity index (χ1n) is 8.10. The lowest BCUT2D eigenvalue weighted by atomic mass is 10.1. The van der Waals surface area contributed by atoms with Crippen molar-refractivity contribution in [2.24, 2.45) is 5.73 Å². The maximum absolute atomic E-state index is 12.0.